The van der Waals surface area contributed by atoms with Crippen molar-refractivity contribution in [1.82, 2.24) is 5.32 Å². The third kappa shape index (κ3) is 3.09. The van der Waals surface area contributed by atoms with Gasteiger partial charge in [0.1, 0.15) is 0 Å². The molecule has 1 fully saturated rings. The van der Waals surface area contributed by atoms with Gasteiger partial charge in [-0.05, 0) is 74.0 Å². The highest BCUT2D eigenvalue weighted by molar-refractivity contribution is 5.32. The van der Waals surface area contributed by atoms with Gasteiger partial charge in [0.2, 0.25) is 0 Å². The first-order valence-corrected chi connectivity index (χ1v) is 8.55. The number of fused-ring (bicyclic) bond motifs is 1. The standard InChI is InChI=1S/C19H29N/c1-14(2)20-13-18-11-10-16(18)12-17-8-5-7-15-6-3-4-9-19(15)17/h3-4,6,9,14,16-18,20H,5,7-8,10-13H2,1-2H3. The third-order valence-electron chi connectivity index (χ3n) is 5.44. The highest BCUT2D eigenvalue weighted by atomic mass is 14.9. The topological polar surface area (TPSA) is 12.0 Å². The maximum Gasteiger partial charge on any atom is 0.00104 e. The predicted molar refractivity (Wildman–Crippen MR) is 86.1 cm³/mol. The van der Waals surface area contributed by atoms with E-state index in [1.54, 1.807) is 11.1 Å². The molecule has 1 N–H and O–H groups in total. The van der Waals surface area contributed by atoms with Crippen LogP contribution in [0.3, 0.4) is 0 Å². The quantitative estimate of drug-likeness (QED) is 0.830. The minimum Gasteiger partial charge on any atom is -0.314 e. The predicted octanol–water partition coefficient (Wildman–Crippen LogP) is 4.52. The summed E-state index contributed by atoms with van der Waals surface area (Å²) in [6.45, 7) is 5.74. The molecule has 0 aliphatic heterocycles. The Bertz CT molecular complexity index is 437. The van der Waals surface area contributed by atoms with E-state index in [0.717, 1.165) is 17.8 Å². The molecule has 0 aromatic heterocycles. The molecule has 1 nitrogen and oxygen atoms in total. The van der Waals surface area contributed by atoms with Crippen LogP contribution in [0.4, 0.5) is 0 Å². The first-order valence-electron chi connectivity index (χ1n) is 8.55. The van der Waals surface area contributed by atoms with Crippen LogP contribution >= 0.6 is 0 Å². The Morgan fingerprint density at radius 3 is 2.65 bits per heavy atom. The van der Waals surface area contributed by atoms with Crippen molar-refractivity contribution in [2.45, 2.75) is 64.3 Å². The van der Waals surface area contributed by atoms with Crippen LogP contribution in [0.2, 0.25) is 0 Å². The van der Waals surface area contributed by atoms with E-state index in [1.807, 2.05) is 0 Å². The average Bonchev–Trinajstić information content (AvgIpc) is 2.43. The van der Waals surface area contributed by atoms with E-state index >= 15 is 0 Å². The molecule has 110 valence electrons. The van der Waals surface area contributed by atoms with Crippen LogP contribution in [0.25, 0.3) is 0 Å². The lowest BCUT2D eigenvalue weighted by atomic mass is 9.67. The largest absolute Gasteiger partial charge is 0.314 e. The molecule has 1 heteroatoms. The van der Waals surface area contributed by atoms with E-state index in [1.165, 1.54) is 45.1 Å². The summed E-state index contributed by atoms with van der Waals surface area (Å²) in [7, 11) is 0. The second-order valence-electron chi connectivity index (χ2n) is 7.18. The molecule has 0 heterocycles. The van der Waals surface area contributed by atoms with Crippen molar-refractivity contribution < 1.29 is 0 Å². The van der Waals surface area contributed by atoms with Crippen molar-refractivity contribution in [2.24, 2.45) is 11.8 Å². The third-order valence-corrected chi connectivity index (χ3v) is 5.44. The second kappa shape index (κ2) is 6.30. The monoisotopic (exact) mass is 271 g/mol. The molecule has 0 radical (unpaired) electrons. The molecule has 2 aliphatic carbocycles. The Hall–Kier alpha value is -0.820. The van der Waals surface area contributed by atoms with Crippen LogP contribution in [0.5, 0.6) is 0 Å². The van der Waals surface area contributed by atoms with Crippen LogP contribution < -0.4 is 5.32 Å². The van der Waals surface area contributed by atoms with E-state index in [9.17, 15) is 0 Å². The smallest absolute Gasteiger partial charge is 0.00104 e. The summed E-state index contributed by atoms with van der Waals surface area (Å²) in [6, 6.07) is 9.81. The summed E-state index contributed by atoms with van der Waals surface area (Å²) in [4.78, 5) is 0. The van der Waals surface area contributed by atoms with Gasteiger partial charge >= 0.3 is 0 Å². The molecule has 1 aromatic rings. The fraction of sp³-hybridized carbons (Fsp3) is 0.684. The first-order chi connectivity index (χ1) is 9.74. The molecule has 2 aliphatic rings. The van der Waals surface area contributed by atoms with E-state index < -0.39 is 0 Å². The summed E-state index contributed by atoms with van der Waals surface area (Å²) in [6.07, 6.45) is 8.44. The molecule has 20 heavy (non-hydrogen) atoms. The SMILES string of the molecule is CC(C)NCC1CCC1CC1CCCc2ccccc21. The molecule has 0 saturated heterocycles. The van der Waals surface area contributed by atoms with Crippen molar-refractivity contribution in [3.8, 4) is 0 Å². The molecule has 0 spiro atoms. The fourth-order valence-corrected chi connectivity index (χ4v) is 4.07. The maximum atomic E-state index is 3.63. The van der Waals surface area contributed by atoms with Crippen molar-refractivity contribution in [1.29, 1.82) is 0 Å². The Kier molecular flexibility index (Phi) is 4.45. The lowest BCUT2D eigenvalue weighted by molar-refractivity contribution is 0.144. The lowest BCUT2D eigenvalue weighted by Crippen LogP contribution is -2.38. The zero-order chi connectivity index (χ0) is 13.9. The number of rotatable bonds is 5. The van der Waals surface area contributed by atoms with E-state index in [-0.39, 0.29) is 0 Å². The molecular formula is C19H29N. The lowest BCUT2D eigenvalue weighted by Gasteiger charge is -2.40. The van der Waals surface area contributed by atoms with Gasteiger partial charge in [0.05, 0.1) is 0 Å². The summed E-state index contributed by atoms with van der Waals surface area (Å²) in [5.74, 6) is 2.75. The average molecular weight is 271 g/mol. The van der Waals surface area contributed by atoms with Crippen LogP contribution in [-0.4, -0.2) is 12.6 Å². The molecule has 0 bridgehead atoms. The van der Waals surface area contributed by atoms with Gasteiger partial charge in [-0.15, -0.1) is 0 Å². The minimum atomic E-state index is 0.631. The number of hydrogen-bond acceptors (Lipinski definition) is 1. The number of benzene rings is 1. The molecular weight excluding hydrogens is 242 g/mol. The Balaban J connectivity index is 1.59. The van der Waals surface area contributed by atoms with Gasteiger partial charge < -0.3 is 5.32 Å². The van der Waals surface area contributed by atoms with Crippen molar-refractivity contribution in [3.63, 3.8) is 0 Å². The van der Waals surface area contributed by atoms with Gasteiger partial charge in [0, 0.05) is 6.04 Å². The zero-order valence-electron chi connectivity index (χ0n) is 13.1. The van der Waals surface area contributed by atoms with Gasteiger partial charge in [0.15, 0.2) is 0 Å². The van der Waals surface area contributed by atoms with Gasteiger partial charge in [-0.2, -0.15) is 0 Å². The zero-order valence-corrected chi connectivity index (χ0v) is 13.1. The van der Waals surface area contributed by atoms with E-state index in [4.69, 9.17) is 0 Å². The first kappa shape index (κ1) is 14.1. The molecule has 0 amide bonds. The molecule has 3 unspecified atom stereocenters. The molecule has 1 saturated carbocycles. The Labute approximate surface area is 124 Å². The summed E-state index contributed by atoms with van der Waals surface area (Å²) in [5, 5.41) is 3.63. The molecule has 3 rings (SSSR count). The van der Waals surface area contributed by atoms with Crippen LogP contribution in [0.1, 0.15) is 63.0 Å². The summed E-state index contributed by atoms with van der Waals surface area (Å²) >= 11 is 0. The Morgan fingerprint density at radius 2 is 1.90 bits per heavy atom. The maximum absolute atomic E-state index is 3.63. The molecule has 1 aromatic carbocycles. The minimum absolute atomic E-state index is 0.631. The highest BCUT2D eigenvalue weighted by Crippen LogP contribution is 2.44. The number of aryl methyl sites for hydroxylation is 1. The van der Waals surface area contributed by atoms with Crippen LogP contribution in [-0.2, 0) is 6.42 Å². The van der Waals surface area contributed by atoms with E-state index in [2.05, 4.69) is 43.4 Å². The summed E-state index contributed by atoms with van der Waals surface area (Å²) in [5.41, 5.74) is 3.29. The fourth-order valence-electron chi connectivity index (χ4n) is 4.07. The van der Waals surface area contributed by atoms with Crippen LogP contribution in [0.15, 0.2) is 24.3 Å². The Morgan fingerprint density at radius 1 is 1.10 bits per heavy atom. The van der Waals surface area contributed by atoms with Gasteiger partial charge in [-0.1, -0.05) is 38.1 Å². The summed E-state index contributed by atoms with van der Waals surface area (Å²) < 4.78 is 0. The molecule has 3 atom stereocenters. The van der Waals surface area contributed by atoms with Gasteiger partial charge in [-0.25, -0.2) is 0 Å². The van der Waals surface area contributed by atoms with Crippen molar-refractivity contribution in [3.05, 3.63) is 35.4 Å². The number of nitrogens with one attached hydrogen (secondary N) is 1. The van der Waals surface area contributed by atoms with Gasteiger partial charge in [-0.3, -0.25) is 0 Å². The van der Waals surface area contributed by atoms with Crippen molar-refractivity contribution >= 4 is 0 Å². The second-order valence-corrected chi connectivity index (χ2v) is 7.18. The van der Waals surface area contributed by atoms with Crippen LogP contribution in [0, 0.1) is 11.8 Å². The van der Waals surface area contributed by atoms with E-state index in [0.29, 0.717) is 6.04 Å². The van der Waals surface area contributed by atoms with Crippen molar-refractivity contribution in [2.75, 3.05) is 6.54 Å². The van der Waals surface area contributed by atoms with Gasteiger partial charge in [0.25, 0.3) is 0 Å². The normalized spacial score (nSPS) is 29.1. The number of hydrogen-bond donors (Lipinski definition) is 1. The highest BCUT2D eigenvalue weighted by Gasteiger charge is 2.33.